The van der Waals surface area contributed by atoms with Crippen LogP contribution in [0.5, 0.6) is 5.75 Å². The number of benzene rings is 2. The summed E-state index contributed by atoms with van der Waals surface area (Å²) in [7, 11) is 0. The number of anilines is 1. The number of ether oxygens (including phenoxy) is 1. The number of urea groups is 1. The Bertz CT molecular complexity index is 1000. The van der Waals surface area contributed by atoms with Crippen LogP contribution < -0.4 is 15.4 Å². The van der Waals surface area contributed by atoms with Gasteiger partial charge in [-0.15, -0.1) is 0 Å². The topological polar surface area (TPSA) is 87.7 Å². The molecule has 30 heavy (non-hydrogen) atoms. The molecule has 0 atom stereocenters. The van der Waals surface area contributed by atoms with Gasteiger partial charge in [-0.2, -0.15) is 0 Å². The third-order valence-electron chi connectivity index (χ3n) is 4.37. The first-order valence-corrected chi connectivity index (χ1v) is 10.3. The number of rotatable bonds is 7. The Morgan fingerprint density at radius 1 is 1.20 bits per heavy atom. The molecule has 2 aromatic carbocycles. The second-order valence-electron chi connectivity index (χ2n) is 6.84. The highest BCUT2D eigenvalue weighted by Gasteiger charge is 2.32. The fraction of sp³-hybridized carbons (Fsp3) is 0.227. The van der Waals surface area contributed by atoms with Crippen molar-refractivity contribution in [1.29, 1.82) is 0 Å². The van der Waals surface area contributed by atoms with Crippen molar-refractivity contribution in [2.75, 3.05) is 18.5 Å². The molecular weight excluding hydrogens is 450 g/mol. The van der Waals surface area contributed by atoms with Gasteiger partial charge in [0.1, 0.15) is 11.4 Å². The zero-order chi connectivity index (χ0) is 21.7. The summed E-state index contributed by atoms with van der Waals surface area (Å²) in [6.45, 7) is 4.11. The van der Waals surface area contributed by atoms with Crippen LogP contribution >= 0.6 is 15.9 Å². The molecule has 2 N–H and O–H groups in total. The highest BCUT2D eigenvalue weighted by Crippen LogP contribution is 2.27. The van der Waals surface area contributed by atoms with Gasteiger partial charge >= 0.3 is 6.03 Å². The Morgan fingerprint density at radius 3 is 2.60 bits per heavy atom. The van der Waals surface area contributed by atoms with Gasteiger partial charge in [0.05, 0.1) is 4.47 Å². The number of amides is 4. The predicted molar refractivity (Wildman–Crippen MR) is 118 cm³/mol. The smallest absolute Gasteiger partial charge is 0.329 e. The van der Waals surface area contributed by atoms with Gasteiger partial charge in [-0.3, -0.25) is 14.5 Å². The van der Waals surface area contributed by atoms with E-state index in [1.54, 1.807) is 24.3 Å². The molecule has 156 valence electrons. The minimum atomic E-state index is -0.410. The van der Waals surface area contributed by atoms with Gasteiger partial charge in [-0.05, 0) is 65.2 Å². The molecule has 0 bridgehead atoms. The molecule has 0 spiro atoms. The van der Waals surface area contributed by atoms with Gasteiger partial charge in [0.2, 0.25) is 0 Å². The van der Waals surface area contributed by atoms with Crippen LogP contribution in [-0.2, 0) is 9.59 Å². The Labute approximate surface area is 183 Å². The average Bonchev–Trinajstić information content (AvgIpc) is 2.97. The molecule has 0 aromatic heterocycles. The van der Waals surface area contributed by atoms with Crippen LogP contribution in [-0.4, -0.2) is 35.9 Å². The normalized spacial score (nSPS) is 14.8. The molecule has 0 aliphatic carbocycles. The summed E-state index contributed by atoms with van der Waals surface area (Å²) in [6, 6.07) is 12.3. The summed E-state index contributed by atoms with van der Waals surface area (Å²) in [5.41, 5.74) is 2.75. The minimum absolute atomic E-state index is 0.145. The van der Waals surface area contributed by atoms with Gasteiger partial charge in [-0.1, -0.05) is 30.7 Å². The number of nitrogens with one attached hydrogen (secondary N) is 2. The van der Waals surface area contributed by atoms with Gasteiger partial charge < -0.3 is 15.4 Å². The monoisotopic (exact) mass is 471 g/mol. The van der Waals surface area contributed by atoms with Crippen LogP contribution in [0, 0.1) is 6.92 Å². The van der Waals surface area contributed by atoms with E-state index in [4.69, 9.17) is 4.74 Å². The van der Waals surface area contributed by atoms with Gasteiger partial charge in [0, 0.05) is 12.2 Å². The number of carbonyl (C=O) groups is 3. The molecule has 8 heteroatoms. The van der Waals surface area contributed by atoms with E-state index < -0.39 is 6.03 Å². The van der Waals surface area contributed by atoms with Crippen LogP contribution in [0.4, 0.5) is 10.5 Å². The van der Waals surface area contributed by atoms with Crippen molar-refractivity contribution < 1.29 is 19.1 Å². The lowest BCUT2D eigenvalue weighted by Gasteiger charge is -2.10. The quantitative estimate of drug-likeness (QED) is 0.470. The molecule has 1 aliphatic heterocycles. The Morgan fingerprint density at radius 2 is 1.93 bits per heavy atom. The molecule has 3 rings (SSSR count). The van der Waals surface area contributed by atoms with Crippen molar-refractivity contribution in [3.8, 4) is 5.75 Å². The molecule has 0 saturated carbocycles. The fourth-order valence-electron chi connectivity index (χ4n) is 2.87. The van der Waals surface area contributed by atoms with Gasteiger partial charge in [-0.25, -0.2) is 4.79 Å². The summed E-state index contributed by atoms with van der Waals surface area (Å²) in [4.78, 5) is 37.5. The minimum Gasteiger partial charge on any atom is -0.483 e. The first kappa shape index (κ1) is 21.6. The highest BCUT2D eigenvalue weighted by molar-refractivity contribution is 9.10. The average molecular weight is 472 g/mol. The first-order valence-electron chi connectivity index (χ1n) is 9.51. The standard InChI is InChI=1S/C22H22BrN3O4/c1-3-10-26-21(28)18(25-22(26)29)12-15-6-9-19(17(23)11-15)30-13-20(27)24-16-7-4-14(2)5-8-16/h4-9,11-12H,3,10,13H2,1-2H3,(H,24,27)(H,25,29)/b18-12+. The second kappa shape index (κ2) is 9.58. The lowest BCUT2D eigenvalue weighted by Crippen LogP contribution is -2.31. The number of hydrogen-bond acceptors (Lipinski definition) is 4. The van der Waals surface area contributed by atoms with Crippen molar-refractivity contribution in [3.63, 3.8) is 0 Å². The number of nitrogens with zero attached hydrogens (tertiary/aromatic N) is 1. The van der Waals surface area contributed by atoms with Crippen LogP contribution in [0.15, 0.2) is 52.6 Å². The molecule has 7 nitrogen and oxygen atoms in total. The van der Waals surface area contributed by atoms with Crippen LogP contribution in [0.2, 0.25) is 0 Å². The third kappa shape index (κ3) is 5.27. The SMILES string of the molecule is CCCN1C(=O)N/C(=C/c2ccc(OCC(=O)Nc3ccc(C)cc3)c(Br)c2)C1=O. The maximum atomic E-state index is 12.3. The zero-order valence-corrected chi connectivity index (χ0v) is 18.3. The molecular formula is C22H22BrN3O4. The number of carbonyl (C=O) groups excluding carboxylic acids is 3. The van der Waals surface area contributed by atoms with E-state index in [0.717, 1.165) is 5.56 Å². The van der Waals surface area contributed by atoms with E-state index in [2.05, 4.69) is 26.6 Å². The second-order valence-corrected chi connectivity index (χ2v) is 7.69. The molecule has 1 fully saturated rings. The van der Waals surface area contributed by atoms with Crippen LogP contribution in [0.25, 0.3) is 6.08 Å². The van der Waals surface area contributed by atoms with Crippen molar-refractivity contribution in [1.82, 2.24) is 10.2 Å². The summed E-state index contributed by atoms with van der Waals surface area (Å²) in [5, 5.41) is 5.36. The zero-order valence-electron chi connectivity index (χ0n) is 16.7. The van der Waals surface area contributed by atoms with Gasteiger partial charge in [0.15, 0.2) is 6.61 Å². The van der Waals surface area contributed by atoms with Crippen LogP contribution in [0.1, 0.15) is 24.5 Å². The maximum Gasteiger partial charge on any atom is 0.329 e. The predicted octanol–water partition coefficient (Wildman–Crippen LogP) is 4.08. The summed E-state index contributed by atoms with van der Waals surface area (Å²) in [6.07, 6.45) is 2.30. The van der Waals surface area contributed by atoms with E-state index in [-0.39, 0.29) is 24.1 Å². The van der Waals surface area contributed by atoms with E-state index in [1.165, 1.54) is 4.90 Å². The lowest BCUT2D eigenvalue weighted by atomic mass is 10.2. The summed E-state index contributed by atoms with van der Waals surface area (Å²) >= 11 is 3.42. The molecule has 0 unspecified atom stereocenters. The number of aryl methyl sites for hydroxylation is 1. The van der Waals surface area contributed by atoms with Crippen molar-refractivity contribution in [2.24, 2.45) is 0 Å². The Kier molecular flexibility index (Phi) is 6.89. The van der Waals surface area contributed by atoms with Crippen molar-refractivity contribution in [2.45, 2.75) is 20.3 Å². The van der Waals surface area contributed by atoms with Crippen LogP contribution in [0.3, 0.4) is 0 Å². The Balaban J connectivity index is 1.61. The fourth-order valence-corrected chi connectivity index (χ4v) is 3.38. The van der Waals surface area contributed by atoms with Gasteiger partial charge in [0.25, 0.3) is 11.8 Å². The Hall–Kier alpha value is -3.13. The summed E-state index contributed by atoms with van der Waals surface area (Å²) in [5.74, 6) is -0.121. The highest BCUT2D eigenvalue weighted by atomic mass is 79.9. The van der Waals surface area contributed by atoms with E-state index in [0.29, 0.717) is 34.4 Å². The third-order valence-corrected chi connectivity index (χ3v) is 4.99. The molecule has 4 amide bonds. The molecule has 1 aliphatic rings. The van der Waals surface area contributed by atoms with E-state index in [1.807, 2.05) is 38.1 Å². The number of imide groups is 1. The largest absolute Gasteiger partial charge is 0.483 e. The van der Waals surface area contributed by atoms with Crippen molar-refractivity contribution >= 4 is 45.5 Å². The maximum absolute atomic E-state index is 12.3. The lowest BCUT2D eigenvalue weighted by molar-refractivity contribution is -0.123. The molecule has 1 heterocycles. The van der Waals surface area contributed by atoms with E-state index >= 15 is 0 Å². The number of hydrogen-bond donors (Lipinski definition) is 2. The first-order chi connectivity index (χ1) is 14.4. The summed E-state index contributed by atoms with van der Waals surface area (Å²) < 4.78 is 6.21. The molecule has 1 saturated heterocycles. The van der Waals surface area contributed by atoms with Crippen molar-refractivity contribution in [3.05, 3.63) is 63.8 Å². The van der Waals surface area contributed by atoms with E-state index in [9.17, 15) is 14.4 Å². The number of halogens is 1. The molecule has 2 aromatic rings. The molecule has 0 radical (unpaired) electrons.